The predicted octanol–water partition coefficient (Wildman–Crippen LogP) is 1.93. The zero-order valence-electron chi connectivity index (χ0n) is 12.8. The van der Waals surface area contributed by atoms with Crippen molar-refractivity contribution in [2.75, 3.05) is 32.8 Å². The Kier molecular flexibility index (Phi) is 6.49. The van der Waals surface area contributed by atoms with E-state index in [0.717, 1.165) is 18.8 Å². The molecule has 6 heteroatoms. The van der Waals surface area contributed by atoms with Gasteiger partial charge in [0.05, 0.1) is 13.2 Å². The van der Waals surface area contributed by atoms with Crippen molar-refractivity contribution >= 4 is 17.6 Å². The molecule has 1 aromatic rings. The Morgan fingerprint density at radius 1 is 1.41 bits per heavy atom. The van der Waals surface area contributed by atoms with Crippen LogP contribution in [0, 0.1) is 5.92 Å². The molecule has 1 unspecified atom stereocenters. The molecule has 1 atom stereocenters. The summed E-state index contributed by atoms with van der Waals surface area (Å²) in [6.07, 6.45) is 0.596. The number of esters is 1. The fourth-order valence-electron chi connectivity index (χ4n) is 2.52. The highest BCUT2D eigenvalue weighted by Gasteiger charge is 2.35. The van der Waals surface area contributed by atoms with E-state index in [1.807, 2.05) is 19.1 Å². The van der Waals surface area contributed by atoms with Crippen LogP contribution in [0.15, 0.2) is 24.3 Å². The smallest absolute Gasteiger partial charge is 0.323 e. The van der Waals surface area contributed by atoms with Gasteiger partial charge < -0.3 is 15.2 Å². The first-order chi connectivity index (χ1) is 10.6. The molecule has 0 bridgehead atoms. The number of benzene rings is 1. The Balaban J connectivity index is 1.83. The van der Waals surface area contributed by atoms with Crippen molar-refractivity contribution in [3.63, 3.8) is 0 Å². The van der Waals surface area contributed by atoms with E-state index in [2.05, 4.69) is 4.90 Å². The minimum Gasteiger partial charge on any atom is -0.494 e. The summed E-state index contributed by atoms with van der Waals surface area (Å²) in [4.78, 5) is 14.2. The fourth-order valence-corrected chi connectivity index (χ4v) is 2.65. The number of hydrogen-bond donors (Lipinski definition) is 1. The summed E-state index contributed by atoms with van der Waals surface area (Å²) in [5.41, 5.74) is 5.64. The van der Waals surface area contributed by atoms with Crippen molar-refractivity contribution in [2.45, 2.75) is 19.4 Å². The maximum Gasteiger partial charge on any atom is 0.323 e. The number of likely N-dealkylation sites (tertiary alicyclic amines) is 1. The van der Waals surface area contributed by atoms with E-state index in [9.17, 15) is 4.79 Å². The first-order valence-electron chi connectivity index (χ1n) is 7.63. The molecule has 5 nitrogen and oxygen atoms in total. The van der Waals surface area contributed by atoms with Crippen LogP contribution in [0.2, 0.25) is 5.02 Å². The lowest BCUT2D eigenvalue weighted by Gasteiger charge is -2.42. The van der Waals surface area contributed by atoms with Gasteiger partial charge in [-0.05, 0) is 43.7 Å². The highest BCUT2D eigenvalue weighted by molar-refractivity contribution is 6.30. The SMILES string of the molecule is CCOC(=O)C(CCOc1ccc(Cl)cc1)N1CC(CN)C1. The summed E-state index contributed by atoms with van der Waals surface area (Å²) < 4.78 is 10.8. The molecule has 1 aliphatic rings. The quantitative estimate of drug-likeness (QED) is 0.739. The summed E-state index contributed by atoms with van der Waals surface area (Å²) >= 11 is 5.83. The number of nitrogens with zero attached hydrogens (tertiary/aromatic N) is 1. The minimum absolute atomic E-state index is 0.183. The topological polar surface area (TPSA) is 64.8 Å². The third-order valence-corrected chi connectivity index (χ3v) is 4.04. The Morgan fingerprint density at radius 3 is 2.68 bits per heavy atom. The van der Waals surface area contributed by atoms with Crippen LogP contribution in [0.1, 0.15) is 13.3 Å². The summed E-state index contributed by atoms with van der Waals surface area (Å²) in [5.74, 6) is 1.04. The zero-order valence-corrected chi connectivity index (χ0v) is 13.6. The fraction of sp³-hybridized carbons (Fsp3) is 0.562. The third kappa shape index (κ3) is 4.60. The van der Waals surface area contributed by atoms with Crippen LogP contribution in [-0.4, -0.2) is 49.8 Å². The molecule has 0 saturated carbocycles. The second-order valence-corrected chi connectivity index (χ2v) is 5.85. The van der Waals surface area contributed by atoms with Crippen LogP contribution in [0.25, 0.3) is 0 Å². The Hall–Kier alpha value is -1.30. The number of carbonyl (C=O) groups excluding carboxylic acids is 1. The van der Waals surface area contributed by atoms with Gasteiger partial charge in [0.2, 0.25) is 0 Å². The first-order valence-corrected chi connectivity index (χ1v) is 8.01. The molecular formula is C16H23ClN2O3. The molecule has 1 aliphatic heterocycles. The lowest BCUT2D eigenvalue weighted by molar-refractivity contribution is -0.153. The third-order valence-electron chi connectivity index (χ3n) is 3.79. The van der Waals surface area contributed by atoms with Gasteiger partial charge in [-0.3, -0.25) is 9.69 Å². The largest absolute Gasteiger partial charge is 0.494 e. The average Bonchev–Trinajstić information content (AvgIpc) is 2.46. The van der Waals surface area contributed by atoms with Gasteiger partial charge in [-0.2, -0.15) is 0 Å². The molecule has 1 saturated heterocycles. The second kappa shape index (κ2) is 8.36. The van der Waals surface area contributed by atoms with E-state index in [0.29, 0.717) is 37.1 Å². The molecule has 122 valence electrons. The van der Waals surface area contributed by atoms with E-state index in [-0.39, 0.29) is 12.0 Å². The van der Waals surface area contributed by atoms with Gasteiger partial charge in [-0.25, -0.2) is 0 Å². The van der Waals surface area contributed by atoms with Gasteiger partial charge in [0.1, 0.15) is 11.8 Å². The van der Waals surface area contributed by atoms with Crippen LogP contribution in [0.5, 0.6) is 5.75 Å². The van der Waals surface area contributed by atoms with Gasteiger partial charge in [0, 0.05) is 24.5 Å². The van der Waals surface area contributed by atoms with Crippen molar-refractivity contribution in [3.05, 3.63) is 29.3 Å². The number of hydrogen-bond acceptors (Lipinski definition) is 5. The molecule has 0 aliphatic carbocycles. The second-order valence-electron chi connectivity index (χ2n) is 5.41. The highest BCUT2D eigenvalue weighted by atomic mass is 35.5. The van der Waals surface area contributed by atoms with Crippen LogP contribution in [-0.2, 0) is 9.53 Å². The normalized spacial score (nSPS) is 16.9. The summed E-state index contributed by atoms with van der Waals surface area (Å²) in [5, 5.41) is 0.671. The van der Waals surface area contributed by atoms with E-state index >= 15 is 0 Å². The number of ether oxygens (including phenoxy) is 2. The van der Waals surface area contributed by atoms with Crippen molar-refractivity contribution in [2.24, 2.45) is 11.7 Å². The van der Waals surface area contributed by atoms with Crippen molar-refractivity contribution in [3.8, 4) is 5.75 Å². The number of rotatable bonds is 8. The molecule has 1 fully saturated rings. The number of halogens is 1. The molecule has 1 aromatic carbocycles. The predicted molar refractivity (Wildman–Crippen MR) is 86.1 cm³/mol. The molecule has 0 aromatic heterocycles. The number of nitrogens with two attached hydrogens (primary N) is 1. The van der Waals surface area contributed by atoms with E-state index in [4.69, 9.17) is 26.8 Å². The maximum atomic E-state index is 12.1. The van der Waals surface area contributed by atoms with Crippen LogP contribution in [0.3, 0.4) is 0 Å². The molecular weight excluding hydrogens is 304 g/mol. The van der Waals surface area contributed by atoms with Crippen LogP contribution < -0.4 is 10.5 Å². The van der Waals surface area contributed by atoms with Gasteiger partial charge in [-0.1, -0.05) is 11.6 Å². The molecule has 22 heavy (non-hydrogen) atoms. The molecule has 0 radical (unpaired) electrons. The van der Waals surface area contributed by atoms with E-state index < -0.39 is 0 Å². The number of carbonyl (C=O) groups is 1. The highest BCUT2D eigenvalue weighted by Crippen LogP contribution is 2.21. The van der Waals surface area contributed by atoms with Crippen molar-refractivity contribution in [1.82, 2.24) is 4.90 Å². The lowest BCUT2D eigenvalue weighted by Crippen LogP contribution is -2.57. The molecule has 2 rings (SSSR count). The first kappa shape index (κ1) is 17.1. The Bertz CT molecular complexity index is 475. The monoisotopic (exact) mass is 326 g/mol. The Labute approximate surface area is 136 Å². The maximum absolute atomic E-state index is 12.1. The van der Waals surface area contributed by atoms with Crippen molar-refractivity contribution < 1.29 is 14.3 Å². The minimum atomic E-state index is -0.255. The van der Waals surface area contributed by atoms with Gasteiger partial charge in [0.15, 0.2) is 0 Å². The van der Waals surface area contributed by atoms with Gasteiger partial charge in [0.25, 0.3) is 0 Å². The van der Waals surface area contributed by atoms with Gasteiger partial charge >= 0.3 is 5.97 Å². The zero-order chi connectivity index (χ0) is 15.9. The van der Waals surface area contributed by atoms with Crippen LogP contribution >= 0.6 is 11.6 Å². The molecule has 1 heterocycles. The lowest BCUT2D eigenvalue weighted by atomic mass is 9.96. The van der Waals surface area contributed by atoms with Gasteiger partial charge in [-0.15, -0.1) is 0 Å². The summed E-state index contributed by atoms with van der Waals surface area (Å²) in [6, 6.07) is 6.93. The van der Waals surface area contributed by atoms with E-state index in [1.165, 1.54) is 0 Å². The molecule has 2 N–H and O–H groups in total. The average molecular weight is 327 g/mol. The van der Waals surface area contributed by atoms with Crippen molar-refractivity contribution in [1.29, 1.82) is 0 Å². The molecule has 0 amide bonds. The summed E-state index contributed by atoms with van der Waals surface area (Å²) in [7, 11) is 0. The molecule has 0 spiro atoms. The Morgan fingerprint density at radius 2 is 2.09 bits per heavy atom. The van der Waals surface area contributed by atoms with Crippen LogP contribution in [0.4, 0.5) is 0 Å². The standard InChI is InChI=1S/C16H23ClN2O3/c1-2-21-16(20)15(19-10-12(9-18)11-19)7-8-22-14-5-3-13(17)4-6-14/h3-6,12,15H,2,7-11,18H2,1H3. The van der Waals surface area contributed by atoms with E-state index in [1.54, 1.807) is 12.1 Å². The summed E-state index contributed by atoms with van der Waals surface area (Å²) in [6.45, 7) is 5.02.